The highest BCUT2D eigenvalue weighted by Gasteiger charge is 2.18. The summed E-state index contributed by atoms with van der Waals surface area (Å²) in [6.45, 7) is 0.817. The van der Waals surface area contributed by atoms with Crippen LogP contribution in [0.1, 0.15) is 35.6 Å². The van der Waals surface area contributed by atoms with Crippen LogP contribution in [0.4, 0.5) is 0 Å². The summed E-state index contributed by atoms with van der Waals surface area (Å²) in [5.41, 5.74) is 4.09. The molecule has 2 N–H and O–H groups in total. The average Bonchev–Trinajstić information content (AvgIpc) is 2.48. The molecule has 104 valence electrons. The Balaban J connectivity index is 1.71. The Kier molecular flexibility index (Phi) is 4.08. The molecule has 2 aromatic carbocycles. The van der Waals surface area contributed by atoms with E-state index in [0.717, 1.165) is 11.0 Å². The van der Waals surface area contributed by atoms with E-state index in [1.165, 1.54) is 36.0 Å². The third kappa shape index (κ3) is 2.89. The third-order valence-electron chi connectivity index (χ3n) is 3.93. The van der Waals surface area contributed by atoms with Crippen LogP contribution in [0.25, 0.3) is 0 Å². The highest BCUT2D eigenvalue weighted by molar-refractivity contribution is 9.10. The fourth-order valence-corrected chi connectivity index (χ4v) is 3.29. The van der Waals surface area contributed by atoms with Crippen molar-refractivity contribution in [1.29, 1.82) is 0 Å². The van der Waals surface area contributed by atoms with Crippen LogP contribution in [0.5, 0.6) is 5.75 Å². The molecule has 0 amide bonds. The van der Waals surface area contributed by atoms with E-state index in [0.29, 0.717) is 6.04 Å². The van der Waals surface area contributed by atoms with Gasteiger partial charge in [-0.2, -0.15) is 0 Å². The van der Waals surface area contributed by atoms with E-state index >= 15 is 0 Å². The fraction of sp³-hybridized carbons (Fsp3) is 0.294. The maximum Gasteiger partial charge on any atom is 0.129 e. The van der Waals surface area contributed by atoms with Gasteiger partial charge in [-0.1, -0.05) is 30.3 Å². The summed E-state index contributed by atoms with van der Waals surface area (Å²) in [4.78, 5) is 0. The molecule has 2 nitrogen and oxygen atoms in total. The van der Waals surface area contributed by atoms with E-state index < -0.39 is 0 Å². The highest BCUT2D eigenvalue weighted by atomic mass is 79.9. The van der Waals surface area contributed by atoms with Gasteiger partial charge in [-0.25, -0.2) is 0 Å². The Morgan fingerprint density at radius 2 is 2.05 bits per heavy atom. The summed E-state index contributed by atoms with van der Waals surface area (Å²) < 4.78 is 0.751. The first-order valence-electron chi connectivity index (χ1n) is 7.02. The van der Waals surface area contributed by atoms with Gasteiger partial charge in [-0.05, 0) is 64.0 Å². The Hall–Kier alpha value is -1.32. The van der Waals surface area contributed by atoms with E-state index in [1.54, 1.807) is 6.07 Å². The molecule has 1 atom stereocenters. The Morgan fingerprint density at radius 3 is 2.90 bits per heavy atom. The van der Waals surface area contributed by atoms with Crippen molar-refractivity contribution >= 4 is 15.9 Å². The minimum Gasteiger partial charge on any atom is -0.507 e. The lowest BCUT2D eigenvalue weighted by Crippen LogP contribution is -2.24. The van der Waals surface area contributed by atoms with E-state index in [-0.39, 0.29) is 5.75 Å². The van der Waals surface area contributed by atoms with Crippen LogP contribution in [-0.2, 0) is 13.0 Å². The maximum atomic E-state index is 9.52. The molecule has 1 aliphatic carbocycles. The van der Waals surface area contributed by atoms with Crippen LogP contribution >= 0.6 is 15.9 Å². The summed E-state index contributed by atoms with van der Waals surface area (Å²) in [6, 6.07) is 14.8. The molecular weight excluding hydrogens is 314 g/mol. The molecule has 1 unspecified atom stereocenters. The summed E-state index contributed by atoms with van der Waals surface area (Å²) in [5.74, 6) is 0.289. The number of fused-ring (bicyclic) bond motifs is 1. The van der Waals surface area contributed by atoms with Crippen molar-refractivity contribution in [3.8, 4) is 5.75 Å². The highest BCUT2D eigenvalue weighted by Crippen LogP contribution is 2.30. The molecule has 0 radical (unpaired) electrons. The number of rotatable bonds is 3. The number of benzene rings is 2. The van der Waals surface area contributed by atoms with E-state index in [4.69, 9.17) is 0 Å². The van der Waals surface area contributed by atoms with Crippen LogP contribution in [0.15, 0.2) is 46.9 Å². The molecule has 20 heavy (non-hydrogen) atoms. The summed E-state index contributed by atoms with van der Waals surface area (Å²) >= 11 is 3.36. The molecule has 0 bridgehead atoms. The van der Waals surface area contributed by atoms with Crippen LogP contribution in [-0.4, -0.2) is 5.11 Å². The molecule has 0 saturated carbocycles. The van der Waals surface area contributed by atoms with Gasteiger partial charge >= 0.3 is 0 Å². The van der Waals surface area contributed by atoms with Crippen LogP contribution in [0.3, 0.4) is 0 Å². The second-order valence-electron chi connectivity index (χ2n) is 5.31. The van der Waals surface area contributed by atoms with E-state index in [9.17, 15) is 5.11 Å². The van der Waals surface area contributed by atoms with E-state index in [1.807, 2.05) is 12.1 Å². The molecule has 0 saturated heterocycles. The molecule has 3 rings (SSSR count). The maximum absolute atomic E-state index is 9.52. The second kappa shape index (κ2) is 5.98. The molecule has 2 aromatic rings. The molecule has 0 aliphatic heterocycles. The Bertz CT molecular complexity index is 612. The SMILES string of the molecule is Oc1ccc(CNC2CCCc3ccccc32)cc1Br. The lowest BCUT2D eigenvalue weighted by atomic mass is 9.87. The van der Waals surface area contributed by atoms with Gasteiger partial charge in [0.05, 0.1) is 4.47 Å². The Morgan fingerprint density at radius 1 is 1.20 bits per heavy atom. The summed E-state index contributed by atoms with van der Waals surface area (Å²) in [5, 5.41) is 13.2. The zero-order valence-corrected chi connectivity index (χ0v) is 12.9. The minimum absolute atomic E-state index is 0.289. The number of phenolic OH excluding ortho intramolecular Hbond substituents is 1. The number of nitrogens with one attached hydrogen (secondary N) is 1. The molecule has 0 heterocycles. The number of hydrogen-bond acceptors (Lipinski definition) is 2. The van der Waals surface area contributed by atoms with Crippen molar-refractivity contribution in [2.24, 2.45) is 0 Å². The molecule has 0 spiro atoms. The van der Waals surface area contributed by atoms with Gasteiger partial charge in [0.15, 0.2) is 0 Å². The standard InChI is InChI=1S/C17H18BrNO/c18-15-10-12(8-9-17(15)20)11-19-16-7-3-5-13-4-1-2-6-14(13)16/h1-2,4,6,8-10,16,19-20H,3,5,7,11H2. The molecule has 1 aliphatic rings. The minimum atomic E-state index is 0.289. The largest absolute Gasteiger partial charge is 0.507 e. The van der Waals surface area contributed by atoms with Crippen LogP contribution in [0.2, 0.25) is 0 Å². The topological polar surface area (TPSA) is 32.3 Å². The molecule has 3 heteroatoms. The number of hydrogen-bond donors (Lipinski definition) is 2. The number of phenols is 1. The van der Waals surface area contributed by atoms with Gasteiger partial charge in [0, 0.05) is 12.6 Å². The van der Waals surface area contributed by atoms with Crippen LogP contribution < -0.4 is 5.32 Å². The quantitative estimate of drug-likeness (QED) is 0.877. The van der Waals surface area contributed by atoms with Crippen molar-refractivity contribution in [3.63, 3.8) is 0 Å². The number of aromatic hydroxyl groups is 1. The zero-order chi connectivity index (χ0) is 13.9. The Labute approximate surface area is 128 Å². The molecular formula is C17H18BrNO. The smallest absolute Gasteiger partial charge is 0.129 e. The first-order chi connectivity index (χ1) is 9.74. The normalized spacial score (nSPS) is 17.8. The lowest BCUT2D eigenvalue weighted by Gasteiger charge is -2.26. The summed E-state index contributed by atoms with van der Waals surface area (Å²) in [6.07, 6.45) is 3.63. The van der Waals surface area contributed by atoms with Crippen molar-refractivity contribution in [2.75, 3.05) is 0 Å². The van der Waals surface area contributed by atoms with Crippen molar-refractivity contribution in [1.82, 2.24) is 5.32 Å². The lowest BCUT2D eigenvalue weighted by molar-refractivity contribution is 0.457. The van der Waals surface area contributed by atoms with Crippen molar-refractivity contribution < 1.29 is 5.11 Å². The summed E-state index contributed by atoms with van der Waals surface area (Å²) in [7, 11) is 0. The van der Waals surface area contributed by atoms with Gasteiger partial charge in [0.25, 0.3) is 0 Å². The fourth-order valence-electron chi connectivity index (χ4n) is 2.87. The predicted octanol–water partition coefficient (Wildman–Crippen LogP) is 4.32. The molecule has 0 aromatic heterocycles. The third-order valence-corrected chi connectivity index (χ3v) is 4.57. The van der Waals surface area contributed by atoms with Crippen LogP contribution in [0, 0.1) is 0 Å². The zero-order valence-electron chi connectivity index (χ0n) is 11.3. The van der Waals surface area contributed by atoms with Gasteiger partial charge in [-0.15, -0.1) is 0 Å². The molecule has 0 fully saturated rings. The first-order valence-corrected chi connectivity index (χ1v) is 7.82. The monoisotopic (exact) mass is 331 g/mol. The van der Waals surface area contributed by atoms with Gasteiger partial charge in [0.2, 0.25) is 0 Å². The number of halogens is 1. The number of aryl methyl sites for hydroxylation is 1. The predicted molar refractivity (Wildman–Crippen MR) is 84.8 cm³/mol. The average molecular weight is 332 g/mol. The van der Waals surface area contributed by atoms with Gasteiger partial charge < -0.3 is 10.4 Å². The second-order valence-corrected chi connectivity index (χ2v) is 6.16. The van der Waals surface area contributed by atoms with Crippen molar-refractivity contribution in [2.45, 2.75) is 31.8 Å². The van der Waals surface area contributed by atoms with Gasteiger partial charge in [0.1, 0.15) is 5.75 Å². The first kappa shape index (κ1) is 13.7. The van der Waals surface area contributed by atoms with E-state index in [2.05, 4.69) is 45.5 Å². The van der Waals surface area contributed by atoms with Crippen molar-refractivity contribution in [3.05, 3.63) is 63.6 Å². The van der Waals surface area contributed by atoms with Gasteiger partial charge in [-0.3, -0.25) is 0 Å².